The van der Waals surface area contributed by atoms with E-state index >= 15 is 0 Å². The maximum Gasteiger partial charge on any atom is 0.0968 e. The molecule has 0 amide bonds. The molecule has 0 heterocycles. The van der Waals surface area contributed by atoms with Gasteiger partial charge in [0.15, 0.2) is 0 Å². The van der Waals surface area contributed by atoms with E-state index < -0.39 is 0 Å². The van der Waals surface area contributed by atoms with Crippen LogP contribution in [0.5, 0.6) is 0 Å². The molecular formula is C9H19NO3. The van der Waals surface area contributed by atoms with Crippen LogP contribution >= 0.6 is 0 Å². The lowest BCUT2D eigenvalue weighted by Gasteiger charge is -2.42. The minimum Gasteiger partial charge on any atom is -0.633 e. The van der Waals surface area contributed by atoms with Gasteiger partial charge in [0, 0.05) is 26.1 Å². The minimum absolute atomic E-state index is 0.0402. The van der Waals surface area contributed by atoms with Gasteiger partial charge in [-0.3, -0.25) is 0 Å². The third kappa shape index (κ3) is 5.76. The summed E-state index contributed by atoms with van der Waals surface area (Å²) in [4.78, 5) is 0. The van der Waals surface area contributed by atoms with E-state index in [1.54, 1.807) is 6.08 Å². The molecule has 0 aromatic heterocycles. The van der Waals surface area contributed by atoms with Crippen molar-refractivity contribution in [1.29, 1.82) is 0 Å². The third-order valence-electron chi connectivity index (χ3n) is 1.91. The van der Waals surface area contributed by atoms with Crippen LogP contribution in [0, 0.1) is 5.21 Å². The summed E-state index contributed by atoms with van der Waals surface area (Å²) in [7, 11) is 0. The molecule has 0 atom stereocenters. The molecular weight excluding hydrogens is 170 g/mol. The van der Waals surface area contributed by atoms with Gasteiger partial charge in [0.05, 0.1) is 19.6 Å². The summed E-state index contributed by atoms with van der Waals surface area (Å²) in [5.41, 5.74) is 0. The maximum absolute atomic E-state index is 11.9. The first-order chi connectivity index (χ1) is 6.18. The van der Waals surface area contributed by atoms with Gasteiger partial charge in [0.1, 0.15) is 0 Å². The zero-order chi connectivity index (χ0) is 10.2. The average molecular weight is 189 g/mol. The van der Waals surface area contributed by atoms with Crippen molar-refractivity contribution in [2.45, 2.75) is 12.8 Å². The van der Waals surface area contributed by atoms with Gasteiger partial charge in [-0.25, -0.2) is 0 Å². The van der Waals surface area contributed by atoms with Crippen molar-refractivity contribution in [3.05, 3.63) is 17.9 Å². The van der Waals surface area contributed by atoms with E-state index in [1.165, 1.54) is 0 Å². The van der Waals surface area contributed by atoms with Crippen LogP contribution in [0.3, 0.4) is 0 Å². The Labute approximate surface area is 79.3 Å². The Morgan fingerprint density at radius 1 is 1.15 bits per heavy atom. The summed E-state index contributed by atoms with van der Waals surface area (Å²) in [6, 6.07) is 0. The second-order valence-corrected chi connectivity index (χ2v) is 3.13. The van der Waals surface area contributed by atoms with Crippen LogP contribution in [0.4, 0.5) is 0 Å². The molecule has 0 fully saturated rings. The second kappa shape index (κ2) is 7.03. The summed E-state index contributed by atoms with van der Waals surface area (Å²) < 4.78 is -0.384. The standard InChI is InChI=1S/C9H19NO3/c1-2-5-10(13,6-3-8-11)7-4-9-12/h2,11-12H,1,3-9H2. The molecule has 0 rings (SSSR count). The van der Waals surface area contributed by atoms with Gasteiger partial charge in [0.25, 0.3) is 0 Å². The van der Waals surface area contributed by atoms with E-state index in [9.17, 15) is 5.21 Å². The Hall–Kier alpha value is -0.420. The highest BCUT2D eigenvalue weighted by atomic mass is 16.5. The van der Waals surface area contributed by atoms with Crippen molar-refractivity contribution >= 4 is 0 Å². The highest BCUT2D eigenvalue weighted by molar-refractivity contribution is 4.66. The summed E-state index contributed by atoms with van der Waals surface area (Å²) in [5.74, 6) is 0. The van der Waals surface area contributed by atoms with Crippen LogP contribution in [-0.4, -0.2) is 47.7 Å². The van der Waals surface area contributed by atoms with E-state index in [2.05, 4.69) is 6.58 Å². The Morgan fingerprint density at radius 2 is 1.62 bits per heavy atom. The SMILES string of the molecule is C=CC[N+]([O-])(CCCO)CCCO. The molecule has 78 valence electrons. The zero-order valence-corrected chi connectivity index (χ0v) is 7.98. The second-order valence-electron chi connectivity index (χ2n) is 3.13. The van der Waals surface area contributed by atoms with Crippen molar-refractivity contribution in [3.8, 4) is 0 Å². The van der Waals surface area contributed by atoms with Crippen LogP contribution < -0.4 is 0 Å². The van der Waals surface area contributed by atoms with E-state index in [1.807, 2.05) is 0 Å². The van der Waals surface area contributed by atoms with Gasteiger partial charge in [-0.05, 0) is 6.08 Å². The first kappa shape index (κ1) is 12.6. The topological polar surface area (TPSA) is 63.5 Å². The Morgan fingerprint density at radius 3 is 1.92 bits per heavy atom. The number of aliphatic hydroxyl groups excluding tert-OH is 2. The molecule has 13 heavy (non-hydrogen) atoms. The lowest BCUT2D eigenvalue weighted by atomic mass is 10.3. The quantitative estimate of drug-likeness (QED) is 0.327. The highest BCUT2D eigenvalue weighted by Crippen LogP contribution is 2.07. The van der Waals surface area contributed by atoms with E-state index in [4.69, 9.17) is 10.2 Å². The number of rotatable bonds is 8. The van der Waals surface area contributed by atoms with Gasteiger partial charge in [-0.15, -0.1) is 0 Å². The maximum atomic E-state index is 11.9. The van der Waals surface area contributed by atoms with E-state index in [-0.39, 0.29) is 17.9 Å². The highest BCUT2D eigenvalue weighted by Gasteiger charge is 2.13. The smallest absolute Gasteiger partial charge is 0.0968 e. The molecule has 0 aliphatic heterocycles. The van der Waals surface area contributed by atoms with Crippen LogP contribution in [0.1, 0.15) is 12.8 Å². The normalized spacial score (nSPS) is 11.6. The van der Waals surface area contributed by atoms with Gasteiger partial charge in [-0.1, -0.05) is 6.58 Å². The van der Waals surface area contributed by atoms with E-state index in [0.29, 0.717) is 32.5 Å². The lowest BCUT2D eigenvalue weighted by molar-refractivity contribution is -0.875. The van der Waals surface area contributed by atoms with Crippen LogP contribution in [0.25, 0.3) is 0 Å². The largest absolute Gasteiger partial charge is 0.633 e. The molecule has 4 heteroatoms. The molecule has 0 spiro atoms. The molecule has 0 radical (unpaired) electrons. The molecule has 0 saturated heterocycles. The molecule has 0 unspecified atom stereocenters. The molecule has 0 aliphatic carbocycles. The molecule has 2 N–H and O–H groups in total. The predicted octanol–water partition coefficient (Wildman–Crippen LogP) is 0.252. The summed E-state index contributed by atoms with van der Waals surface area (Å²) in [6.45, 7) is 4.73. The van der Waals surface area contributed by atoms with Crippen molar-refractivity contribution in [3.63, 3.8) is 0 Å². The fourth-order valence-electron chi connectivity index (χ4n) is 1.25. The van der Waals surface area contributed by atoms with Gasteiger partial charge in [0.2, 0.25) is 0 Å². The first-order valence-corrected chi connectivity index (χ1v) is 4.58. The van der Waals surface area contributed by atoms with Crippen molar-refractivity contribution in [2.75, 3.05) is 32.8 Å². The molecule has 0 saturated carbocycles. The number of aliphatic hydroxyl groups is 2. The average Bonchev–Trinajstić information content (AvgIpc) is 2.12. The number of quaternary nitrogens is 1. The number of hydroxylamine groups is 3. The zero-order valence-electron chi connectivity index (χ0n) is 7.98. The Bertz CT molecular complexity index is 131. The summed E-state index contributed by atoms with van der Waals surface area (Å²) in [5, 5.41) is 29.1. The summed E-state index contributed by atoms with van der Waals surface area (Å²) >= 11 is 0. The van der Waals surface area contributed by atoms with Crippen molar-refractivity contribution in [1.82, 2.24) is 0 Å². The first-order valence-electron chi connectivity index (χ1n) is 4.58. The summed E-state index contributed by atoms with van der Waals surface area (Å²) in [6.07, 6.45) is 2.59. The van der Waals surface area contributed by atoms with Crippen LogP contribution in [0.15, 0.2) is 12.7 Å². The van der Waals surface area contributed by atoms with Crippen molar-refractivity contribution in [2.24, 2.45) is 0 Å². The number of hydrogen-bond acceptors (Lipinski definition) is 3. The predicted molar refractivity (Wildman–Crippen MR) is 51.8 cm³/mol. The fourth-order valence-corrected chi connectivity index (χ4v) is 1.25. The van der Waals surface area contributed by atoms with Gasteiger partial charge < -0.3 is 20.1 Å². The molecule has 0 aliphatic rings. The third-order valence-corrected chi connectivity index (χ3v) is 1.91. The fraction of sp³-hybridized carbons (Fsp3) is 0.778. The molecule has 0 aromatic carbocycles. The number of hydrogen-bond donors (Lipinski definition) is 2. The van der Waals surface area contributed by atoms with E-state index in [0.717, 1.165) is 0 Å². The van der Waals surface area contributed by atoms with Crippen LogP contribution in [0.2, 0.25) is 0 Å². The van der Waals surface area contributed by atoms with Crippen molar-refractivity contribution < 1.29 is 14.9 Å². The minimum atomic E-state index is -0.384. The molecule has 4 nitrogen and oxygen atoms in total. The van der Waals surface area contributed by atoms with Crippen LogP contribution in [-0.2, 0) is 0 Å². The Kier molecular flexibility index (Phi) is 6.80. The number of nitrogens with zero attached hydrogens (tertiary/aromatic N) is 1. The molecule has 0 aromatic rings. The van der Waals surface area contributed by atoms with Gasteiger partial charge >= 0.3 is 0 Å². The van der Waals surface area contributed by atoms with Gasteiger partial charge in [-0.2, -0.15) is 0 Å². The molecule has 0 bridgehead atoms. The Balaban J connectivity index is 3.90. The monoisotopic (exact) mass is 189 g/mol. The lowest BCUT2D eigenvalue weighted by Crippen LogP contribution is -2.44.